The van der Waals surface area contributed by atoms with Gasteiger partial charge >= 0.3 is 5.97 Å². The molecule has 0 amide bonds. The molecule has 0 saturated heterocycles. The van der Waals surface area contributed by atoms with E-state index in [0.29, 0.717) is 5.82 Å². The minimum absolute atomic E-state index is 0.167. The number of carbonyl (C=O) groups excluding carboxylic acids is 1. The first-order valence-corrected chi connectivity index (χ1v) is 4.82. The Labute approximate surface area is 94.9 Å². The van der Waals surface area contributed by atoms with E-state index in [4.69, 9.17) is 0 Å². The van der Waals surface area contributed by atoms with Gasteiger partial charge in [-0.1, -0.05) is 0 Å². The molecule has 0 spiro atoms. The summed E-state index contributed by atoms with van der Waals surface area (Å²) in [7, 11) is 6.93. The standard InChI is InChI=1S/C10H16N4O2/c1-13(2)8-5-9(12-7-11-8)14(3)6-10(15)16-4/h5,7H,6H2,1-4H3. The fourth-order valence-corrected chi connectivity index (χ4v) is 1.13. The predicted molar refractivity (Wildman–Crippen MR) is 61.6 cm³/mol. The van der Waals surface area contributed by atoms with Gasteiger partial charge in [-0.25, -0.2) is 9.97 Å². The third-order valence-electron chi connectivity index (χ3n) is 2.08. The molecular weight excluding hydrogens is 208 g/mol. The van der Waals surface area contributed by atoms with E-state index < -0.39 is 0 Å². The summed E-state index contributed by atoms with van der Waals surface area (Å²) in [6, 6.07) is 1.81. The topological polar surface area (TPSA) is 58.6 Å². The van der Waals surface area contributed by atoms with Gasteiger partial charge in [0.15, 0.2) is 0 Å². The zero-order chi connectivity index (χ0) is 12.1. The van der Waals surface area contributed by atoms with Crippen LogP contribution in [0.15, 0.2) is 12.4 Å². The molecule has 0 aliphatic rings. The Morgan fingerprint density at radius 1 is 1.31 bits per heavy atom. The van der Waals surface area contributed by atoms with Crippen LogP contribution in [-0.2, 0) is 9.53 Å². The lowest BCUT2D eigenvalue weighted by molar-refractivity contribution is -0.138. The number of methoxy groups -OCH3 is 1. The smallest absolute Gasteiger partial charge is 0.325 e. The Kier molecular flexibility index (Phi) is 4.04. The van der Waals surface area contributed by atoms with E-state index >= 15 is 0 Å². The van der Waals surface area contributed by atoms with Gasteiger partial charge in [0.25, 0.3) is 0 Å². The molecule has 0 aliphatic heterocycles. The van der Waals surface area contributed by atoms with E-state index in [0.717, 1.165) is 5.82 Å². The normalized spacial score (nSPS) is 9.75. The molecule has 0 atom stereocenters. The third kappa shape index (κ3) is 3.08. The first-order chi connectivity index (χ1) is 7.54. The highest BCUT2D eigenvalue weighted by atomic mass is 16.5. The second-order valence-corrected chi connectivity index (χ2v) is 3.56. The van der Waals surface area contributed by atoms with Crippen LogP contribution in [0.4, 0.5) is 11.6 Å². The number of hydrogen-bond donors (Lipinski definition) is 0. The molecule has 88 valence electrons. The summed E-state index contributed by atoms with van der Waals surface area (Å²) in [5.74, 6) is 1.18. The molecule has 1 aromatic rings. The molecule has 0 saturated carbocycles. The summed E-state index contributed by atoms with van der Waals surface area (Å²) in [6.45, 7) is 0.167. The van der Waals surface area contributed by atoms with E-state index in [-0.39, 0.29) is 12.5 Å². The van der Waals surface area contributed by atoms with Gasteiger partial charge in [0.1, 0.15) is 24.5 Å². The maximum Gasteiger partial charge on any atom is 0.325 e. The number of carbonyl (C=O) groups is 1. The minimum atomic E-state index is -0.299. The van der Waals surface area contributed by atoms with Gasteiger partial charge in [0, 0.05) is 27.2 Å². The van der Waals surface area contributed by atoms with Crippen molar-refractivity contribution in [1.82, 2.24) is 9.97 Å². The lowest BCUT2D eigenvalue weighted by atomic mass is 10.4. The zero-order valence-corrected chi connectivity index (χ0v) is 9.97. The molecule has 6 nitrogen and oxygen atoms in total. The molecule has 1 rings (SSSR count). The van der Waals surface area contributed by atoms with Crippen LogP contribution in [0.25, 0.3) is 0 Å². The SMILES string of the molecule is COC(=O)CN(C)c1cc(N(C)C)ncn1. The second kappa shape index (κ2) is 5.29. The molecule has 0 aromatic carbocycles. The first kappa shape index (κ1) is 12.2. The summed E-state index contributed by atoms with van der Waals surface area (Å²) in [5.41, 5.74) is 0. The van der Waals surface area contributed by atoms with E-state index in [1.807, 2.05) is 25.1 Å². The molecule has 0 bridgehead atoms. The number of anilines is 2. The number of esters is 1. The maximum absolute atomic E-state index is 11.1. The summed E-state index contributed by atoms with van der Waals surface area (Å²) in [6.07, 6.45) is 1.47. The van der Waals surface area contributed by atoms with E-state index in [1.165, 1.54) is 13.4 Å². The Bertz CT molecular complexity index is 368. The Hall–Kier alpha value is -1.85. The number of ether oxygens (including phenoxy) is 1. The van der Waals surface area contributed by atoms with Crippen molar-refractivity contribution in [2.75, 3.05) is 44.6 Å². The van der Waals surface area contributed by atoms with Gasteiger partial charge in [-0.2, -0.15) is 0 Å². The number of aromatic nitrogens is 2. The van der Waals surface area contributed by atoms with Gasteiger partial charge < -0.3 is 14.5 Å². The van der Waals surface area contributed by atoms with Crippen molar-refractivity contribution in [2.24, 2.45) is 0 Å². The largest absolute Gasteiger partial charge is 0.468 e. The summed E-state index contributed by atoms with van der Waals surface area (Å²) >= 11 is 0. The highest BCUT2D eigenvalue weighted by Crippen LogP contribution is 2.14. The average molecular weight is 224 g/mol. The van der Waals surface area contributed by atoms with Crippen molar-refractivity contribution in [3.63, 3.8) is 0 Å². The van der Waals surface area contributed by atoms with Crippen molar-refractivity contribution >= 4 is 17.6 Å². The lowest BCUT2D eigenvalue weighted by Gasteiger charge is -2.18. The quantitative estimate of drug-likeness (QED) is 0.679. The molecular formula is C10H16N4O2. The highest BCUT2D eigenvalue weighted by Gasteiger charge is 2.09. The summed E-state index contributed by atoms with van der Waals surface area (Å²) in [4.78, 5) is 22.9. The van der Waals surface area contributed by atoms with Crippen molar-refractivity contribution in [3.8, 4) is 0 Å². The van der Waals surface area contributed by atoms with E-state index in [2.05, 4.69) is 14.7 Å². The van der Waals surface area contributed by atoms with Gasteiger partial charge in [-0.05, 0) is 0 Å². The molecule has 1 heterocycles. The highest BCUT2D eigenvalue weighted by molar-refractivity contribution is 5.75. The van der Waals surface area contributed by atoms with Gasteiger partial charge in [-0.15, -0.1) is 0 Å². The number of nitrogens with zero attached hydrogens (tertiary/aromatic N) is 4. The van der Waals surface area contributed by atoms with Crippen LogP contribution >= 0.6 is 0 Å². The zero-order valence-electron chi connectivity index (χ0n) is 9.97. The van der Waals surface area contributed by atoms with Crippen molar-refractivity contribution < 1.29 is 9.53 Å². The van der Waals surface area contributed by atoms with Crippen LogP contribution < -0.4 is 9.80 Å². The van der Waals surface area contributed by atoms with Gasteiger partial charge in [-0.3, -0.25) is 4.79 Å². The Balaban J connectivity index is 2.79. The minimum Gasteiger partial charge on any atom is -0.468 e. The van der Waals surface area contributed by atoms with Crippen molar-refractivity contribution in [3.05, 3.63) is 12.4 Å². The molecule has 0 fully saturated rings. The summed E-state index contributed by atoms with van der Waals surface area (Å²) in [5, 5.41) is 0. The number of rotatable bonds is 4. The molecule has 1 aromatic heterocycles. The number of likely N-dealkylation sites (N-methyl/N-ethyl adjacent to an activating group) is 1. The van der Waals surface area contributed by atoms with Crippen LogP contribution in [0.1, 0.15) is 0 Å². The summed E-state index contributed by atoms with van der Waals surface area (Å²) < 4.78 is 4.59. The second-order valence-electron chi connectivity index (χ2n) is 3.56. The first-order valence-electron chi connectivity index (χ1n) is 4.82. The van der Waals surface area contributed by atoms with Gasteiger partial charge in [0.05, 0.1) is 7.11 Å². The van der Waals surface area contributed by atoms with Crippen molar-refractivity contribution in [2.45, 2.75) is 0 Å². The van der Waals surface area contributed by atoms with E-state index in [1.54, 1.807) is 11.9 Å². The van der Waals surface area contributed by atoms with Crippen LogP contribution in [0.3, 0.4) is 0 Å². The van der Waals surface area contributed by atoms with Crippen LogP contribution in [0, 0.1) is 0 Å². The van der Waals surface area contributed by atoms with Gasteiger partial charge in [0.2, 0.25) is 0 Å². The lowest BCUT2D eigenvalue weighted by Crippen LogP contribution is -2.27. The average Bonchev–Trinajstić information content (AvgIpc) is 2.28. The van der Waals surface area contributed by atoms with Crippen LogP contribution in [0.5, 0.6) is 0 Å². The molecule has 0 aliphatic carbocycles. The predicted octanol–water partition coefficient (Wildman–Crippen LogP) is 0.152. The Morgan fingerprint density at radius 3 is 2.50 bits per heavy atom. The van der Waals surface area contributed by atoms with Crippen molar-refractivity contribution in [1.29, 1.82) is 0 Å². The van der Waals surface area contributed by atoms with Crippen LogP contribution in [-0.4, -0.2) is 50.7 Å². The monoisotopic (exact) mass is 224 g/mol. The van der Waals surface area contributed by atoms with Crippen LogP contribution in [0.2, 0.25) is 0 Å². The Morgan fingerprint density at radius 2 is 1.94 bits per heavy atom. The molecule has 0 N–H and O–H groups in total. The molecule has 6 heteroatoms. The molecule has 0 unspecified atom stereocenters. The third-order valence-corrected chi connectivity index (χ3v) is 2.08. The van der Waals surface area contributed by atoms with E-state index in [9.17, 15) is 4.79 Å². The maximum atomic E-state index is 11.1. The molecule has 16 heavy (non-hydrogen) atoms. The number of hydrogen-bond acceptors (Lipinski definition) is 6. The fourth-order valence-electron chi connectivity index (χ4n) is 1.13. The molecule has 0 radical (unpaired) electrons. The fraction of sp³-hybridized carbons (Fsp3) is 0.500.